The number of fused-ring (bicyclic) bond motifs is 1. The molecule has 0 amide bonds. The number of carbonyl (C=O) groups is 2. The van der Waals surface area contributed by atoms with Crippen molar-refractivity contribution in [3.8, 4) is 0 Å². The van der Waals surface area contributed by atoms with Gasteiger partial charge in [-0.15, -0.1) is 0 Å². The van der Waals surface area contributed by atoms with Crippen LogP contribution in [0.4, 0.5) is 5.69 Å². The highest BCUT2D eigenvalue weighted by Crippen LogP contribution is 2.28. The van der Waals surface area contributed by atoms with Crippen molar-refractivity contribution in [3.05, 3.63) is 75.3 Å². The van der Waals surface area contributed by atoms with Crippen LogP contribution in [0.2, 0.25) is 0 Å². The Morgan fingerprint density at radius 2 is 1.76 bits per heavy atom. The number of hydrogen-bond acceptors (Lipinski definition) is 6. The second-order valence-corrected chi connectivity index (χ2v) is 5.53. The Morgan fingerprint density at radius 3 is 2.36 bits per heavy atom. The molecule has 1 aliphatic rings. The van der Waals surface area contributed by atoms with Crippen molar-refractivity contribution in [3.63, 3.8) is 0 Å². The van der Waals surface area contributed by atoms with Gasteiger partial charge in [0.2, 0.25) is 0 Å². The van der Waals surface area contributed by atoms with E-state index < -0.39 is 10.8 Å². The first-order valence-corrected chi connectivity index (χ1v) is 7.48. The predicted octanol–water partition coefficient (Wildman–Crippen LogP) is 2.82. The van der Waals surface area contributed by atoms with Gasteiger partial charge in [-0.2, -0.15) is 10.2 Å². The lowest BCUT2D eigenvalue weighted by atomic mass is 9.99. The van der Waals surface area contributed by atoms with Crippen LogP contribution in [0.3, 0.4) is 0 Å². The molecule has 0 unspecified atom stereocenters. The Labute approximate surface area is 142 Å². The average Bonchev–Trinajstić information content (AvgIpc) is 2.88. The van der Waals surface area contributed by atoms with E-state index in [1.165, 1.54) is 37.4 Å². The first kappa shape index (κ1) is 16.4. The number of benzene rings is 2. The number of Topliss-reactive ketones (excluding diaryl/α,β-unsaturated/α-hetero) is 2. The van der Waals surface area contributed by atoms with Crippen LogP contribution in [0.5, 0.6) is 0 Å². The Hall–Kier alpha value is -3.48. The summed E-state index contributed by atoms with van der Waals surface area (Å²) >= 11 is 0. The maximum absolute atomic E-state index is 12.4. The highest BCUT2D eigenvalue weighted by molar-refractivity contribution is 6.36. The van der Waals surface area contributed by atoms with Crippen LogP contribution >= 0.6 is 0 Å². The lowest BCUT2D eigenvalue weighted by Crippen LogP contribution is -2.23. The highest BCUT2D eigenvalue weighted by atomic mass is 16.6. The summed E-state index contributed by atoms with van der Waals surface area (Å²) in [5, 5.41) is 18.7. The molecule has 0 saturated heterocycles. The van der Waals surface area contributed by atoms with Gasteiger partial charge in [-0.1, -0.05) is 24.3 Å². The van der Waals surface area contributed by atoms with E-state index in [0.717, 1.165) is 0 Å². The molecular formula is C18H13N3O4. The van der Waals surface area contributed by atoms with Crippen molar-refractivity contribution < 1.29 is 14.5 Å². The molecule has 0 spiro atoms. The average molecular weight is 335 g/mol. The van der Waals surface area contributed by atoms with Gasteiger partial charge in [-0.05, 0) is 24.6 Å². The van der Waals surface area contributed by atoms with Gasteiger partial charge in [-0.25, -0.2) is 0 Å². The summed E-state index contributed by atoms with van der Waals surface area (Å²) in [7, 11) is 0. The van der Waals surface area contributed by atoms with E-state index in [4.69, 9.17) is 0 Å². The van der Waals surface area contributed by atoms with Crippen molar-refractivity contribution in [1.82, 2.24) is 0 Å². The van der Waals surface area contributed by atoms with E-state index in [-0.39, 0.29) is 17.3 Å². The molecule has 7 nitrogen and oxygen atoms in total. The molecular weight excluding hydrogens is 322 g/mol. The summed E-state index contributed by atoms with van der Waals surface area (Å²) in [4.78, 5) is 34.4. The van der Waals surface area contributed by atoms with Gasteiger partial charge in [0.15, 0.2) is 5.78 Å². The number of carbonyl (C=O) groups excluding carboxylic acids is 2. The fraction of sp³-hybridized carbons (Fsp3) is 0.111. The molecule has 0 radical (unpaired) electrons. The Kier molecular flexibility index (Phi) is 4.30. The third kappa shape index (κ3) is 3.12. The van der Waals surface area contributed by atoms with Crippen LogP contribution in [0, 0.1) is 16.0 Å². The van der Waals surface area contributed by atoms with Crippen LogP contribution in [-0.2, 0) is 4.79 Å². The summed E-state index contributed by atoms with van der Waals surface area (Å²) in [6.07, 6.45) is 1.42. The first-order chi connectivity index (χ1) is 12.0. The molecule has 2 aromatic carbocycles. The van der Waals surface area contributed by atoms with E-state index >= 15 is 0 Å². The van der Waals surface area contributed by atoms with Gasteiger partial charge in [-0.3, -0.25) is 19.7 Å². The number of nitro benzene ring substituents is 1. The van der Waals surface area contributed by atoms with Crippen LogP contribution in [-0.4, -0.2) is 28.4 Å². The lowest BCUT2D eigenvalue weighted by Gasteiger charge is -2.03. The zero-order valence-corrected chi connectivity index (χ0v) is 13.2. The van der Waals surface area contributed by atoms with Crippen molar-refractivity contribution in [1.29, 1.82) is 0 Å². The monoisotopic (exact) mass is 335 g/mol. The number of non-ortho nitro benzene ring substituents is 1. The SMILES string of the molecule is CC(=O)[C@H]1C(=O)c2ccccc2/C1=N\N=C/c1ccc([N+](=O)[O-])cc1. The van der Waals surface area contributed by atoms with Gasteiger partial charge in [0.1, 0.15) is 11.7 Å². The lowest BCUT2D eigenvalue weighted by molar-refractivity contribution is -0.384. The minimum absolute atomic E-state index is 0.0181. The molecule has 7 heteroatoms. The summed E-state index contributed by atoms with van der Waals surface area (Å²) in [5.41, 5.74) is 1.99. The van der Waals surface area contributed by atoms with E-state index in [0.29, 0.717) is 22.4 Å². The standard InChI is InChI=1S/C18H13N3O4/c1-11(22)16-17(14-4-2-3-5-15(14)18(16)23)20-19-10-12-6-8-13(9-7-12)21(24)25/h2-10,16H,1H3/b19-10-,20-17+/t16-/m1/s1. The van der Waals surface area contributed by atoms with Crippen molar-refractivity contribution in [2.45, 2.75) is 6.92 Å². The van der Waals surface area contributed by atoms with E-state index in [2.05, 4.69) is 10.2 Å². The molecule has 2 aromatic rings. The fourth-order valence-corrected chi connectivity index (χ4v) is 2.69. The number of hydrogen-bond donors (Lipinski definition) is 0. The number of nitro groups is 1. The summed E-state index contributed by atoms with van der Waals surface area (Å²) in [6, 6.07) is 12.7. The third-order valence-electron chi connectivity index (χ3n) is 3.89. The molecule has 0 aliphatic heterocycles. The van der Waals surface area contributed by atoms with Gasteiger partial charge >= 0.3 is 0 Å². The van der Waals surface area contributed by atoms with E-state index in [1.807, 2.05) is 0 Å². The van der Waals surface area contributed by atoms with Crippen LogP contribution < -0.4 is 0 Å². The quantitative estimate of drug-likeness (QED) is 0.371. The van der Waals surface area contributed by atoms with Crippen LogP contribution in [0.25, 0.3) is 0 Å². The number of nitrogens with zero attached hydrogens (tertiary/aromatic N) is 3. The second-order valence-electron chi connectivity index (χ2n) is 5.53. The van der Waals surface area contributed by atoms with Gasteiger partial charge in [0.05, 0.1) is 16.8 Å². The third-order valence-corrected chi connectivity index (χ3v) is 3.89. The molecule has 0 N–H and O–H groups in total. The van der Waals surface area contributed by atoms with E-state index in [9.17, 15) is 19.7 Å². The van der Waals surface area contributed by atoms with E-state index in [1.54, 1.807) is 24.3 Å². The summed E-state index contributed by atoms with van der Waals surface area (Å²) < 4.78 is 0. The Balaban J connectivity index is 1.92. The van der Waals surface area contributed by atoms with Crippen molar-refractivity contribution in [2.75, 3.05) is 0 Å². The summed E-state index contributed by atoms with van der Waals surface area (Å²) in [5.74, 6) is -1.50. The molecule has 0 bridgehead atoms. The zero-order chi connectivity index (χ0) is 18.0. The Bertz CT molecular complexity index is 930. The molecule has 0 saturated carbocycles. The topological polar surface area (TPSA) is 102 Å². The van der Waals surface area contributed by atoms with Crippen LogP contribution in [0.15, 0.2) is 58.7 Å². The van der Waals surface area contributed by atoms with Gasteiger partial charge in [0, 0.05) is 23.3 Å². The Morgan fingerprint density at radius 1 is 1.12 bits per heavy atom. The van der Waals surface area contributed by atoms with Crippen molar-refractivity contribution >= 4 is 29.2 Å². The fourth-order valence-electron chi connectivity index (χ4n) is 2.69. The first-order valence-electron chi connectivity index (χ1n) is 7.48. The minimum Gasteiger partial charge on any atom is -0.299 e. The second kappa shape index (κ2) is 6.56. The smallest absolute Gasteiger partial charge is 0.269 e. The maximum atomic E-state index is 12.4. The molecule has 25 heavy (non-hydrogen) atoms. The van der Waals surface area contributed by atoms with Gasteiger partial charge < -0.3 is 0 Å². The van der Waals surface area contributed by atoms with Crippen molar-refractivity contribution in [2.24, 2.45) is 16.1 Å². The molecule has 3 rings (SSSR count). The number of ketones is 2. The van der Waals surface area contributed by atoms with Crippen LogP contribution in [0.1, 0.15) is 28.4 Å². The highest BCUT2D eigenvalue weighted by Gasteiger charge is 2.39. The minimum atomic E-state index is -0.939. The normalized spacial score (nSPS) is 17.9. The summed E-state index contributed by atoms with van der Waals surface area (Å²) in [6.45, 7) is 1.35. The molecule has 1 aliphatic carbocycles. The molecule has 0 fully saturated rings. The largest absolute Gasteiger partial charge is 0.299 e. The molecule has 124 valence electrons. The molecule has 0 heterocycles. The zero-order valence-electron chi connectivity index (χ0n) is 13.2. The number of rotatable bonds is 4. The predicted molar refractivity (Wildman–Crippen MR) is 92.2 cm³/mol. The molecule has 1 atom stereocenters. The molecule has 0 aromatic heterocycles. The maximum Gasteiger partial charge on any atom is 0.269 e. The van der Waals surface area contributed by atoms with Gasteiger partial charge in [0.25, 0.3) is 5.69 Å².